The van der Waals surface area contributed by atoms with Gasteiger partial charge < -0.3 is 15.2 Å². The highest BCUT2D eigenvalue weighted by Crippen LogP contribution is 2.34. The molecule has 1 aliphatic heterocycles. The summed E-state index contributed by atoms with van der Waals surface area (Å²) in [4.78, 5) is 23.0. The molecule has 2 N–H and O–H groups in total. The van der Waals surface area contributed by atoms with Crippen LogP contribution in [0.15, 0.2) is 35.5 Å². The average molecular weight is 310 g/mol. The van der Waals surface area contributed by atoms with Crippen LogP contribution in [0.2, 0.25) is 0 Å². The van der Waals surface area contributed by atoms with Crippen LogP contribution in [0.4, 0.5) is 11.8 Å². The topological polar surface area (TPSA) is 120 Å². The minimum Gasteiger partial charge on any atom is -0.383 e. The molecule has 1 atom stereocenters. The Hall–Kier alpha value is -3.10. The molecule has 0 amide bonds. The van der Waals surface area contributed by atoms with E-state index in [1.807, 2.05) is 0 Å². The van der Waals surface area contributed by atoms with Crippen LogP contribution in [0, 0.1) is 0 Å². The number of nitrogens with zero attached hydrogens (tertiary/aromatic N) is 7. The fourth-order valence-electron chi connectivity index (χ4n) is 2.69. The molecule has 1 aliphatic rings. The maximum Gasteiger partial charge on any atom is 0.249 e. The van der Waals surface area contributed by atoms with Gasteiger partial charge in [-0.15, -0.1) is 0 Å². The van der Waals surface area contributed by atoms with Gasteiger partial charge in [-0.1, -0.05) is 5.16 Å². The Morgan fingerprint density at radius 1 is 1.22 bits per heavy atom. The van der Waals surface area contributed by atoms with Crippen molar-refractivity contribution in [3.05, 3.63) is 36.9 Å². The first-order chi connectivity index (χ1) is 11.3. The van der Waals surface area contributed by atoms with Gasteiger partial charge in [-0.3, -0.25) is 0 Å². The lowest BCUT2D eigenvalue weighted by atomic mass is 10.2. The maximum atomic E-state index is 5.83. The van der Waals surface area contributed by atoms with Gasteiger partial charge in [0.15, 0.2) is 0 Å². The van der Waals surface area contributed by atoms with E-state index in [9.17, 15) is 0 Å². The van der Waals surface area contributed by atoms with Crippen LogP contribution in [-0.4, -0.2) is 36.6 Å². The second-order valence-corrected chi connectivity index (χ2v) is 5.18. The Balaban J connectivity index is 1.65. The van der Waals surface area contributed by atoms with Crippen molar-refractivity contribution in [2.45, 2.75) is 18.9 Å². The zero-order chi connectivity index (χ0) is 15.6. The van der Waals surface area contributed by atoms with E-state index < -0.39 is 0 Å². The largest absolute Gasteiger partial charge is 0.383 e. The highest BCUT2D eigenvalue weighted by molar-refractivity contribution is 5.66. The molecule has 116 valence electrons. The summed E-state index contributed by atoms with van der Waals surface area (Å²) >= 11 is 0. The summed E-state index contributed by atoms with van der Waals surface area (Å²) in [5.41, 5.74) is 6.39. The molecule has 3 aromatic heterocycles. The van der Waals surface area contributed by atoms with Gasteiger partial charge in [0.25, 0.3) is 0 Å². The number of hydrogen-bond acceptors (Lipinski definition) is 9. The van der Waals surface area contributed by atoms with Gasteiger partial charge in [0, 0.05) is 25.1 Å². The summed E-state index contributed by atoms with van der Waals surface area (Å²) in [5, 5.41) is 4.01. The predicted molar refractivity (Wildman–Crippen MR) is 81.1 cm³/mol. The van der Waals surface area contributed by atoms with Crippen LogP contribution in [0.1, 0.15) is 24.8 Å². The molecule has 0 aromatic carbocycles. The van der Waals surface area contributed by atoms with Crippen molar-refractivity contribution >= 4 is 11.8 Å². The number of rotatable bonds is 3. The van der Waals surface area contributed by atoms with Crippen molar-refractivity contribution in [3.63, 3.8) is 0 Å². The molecule has 9 heteroatoms. The number of aromatic nitrogens is 6. The zero-order valence-electron chi connectivity index (χ0n) is 12.2. The van der Waals surface area contributed by atoms with Crippen LogP contribution in [-0.2, 0) is 0 Å². The fraction of sp³-hybridized carbons (Fsp3) is 0.286. The molecule has 1 fully saturated rings. The number of hydrogen-bond donors (Lipinski definition) is 1. The summed E-state index contributed by atoms with van der Waals surface area (Å²) in [5.74, 6) is 1.89. The number of nitrogens with two attached hydrogens (primary N) is 1. The molecule has 9 nitrogen and oxygen atoms in total. The second kappa shape index (κ2) is 5.59. The quantitative estimate of drug-likeness (QED) is 0.761. The summed E-state index contributed by atoms with van der Waals surface area (Å²) in [6.07, 6.45) is 8.31. The van der Waals surface area contributed by atoms with Crippen LogP contribution >= 0.6 is 0 Å². The Kier molecular flexibility index (Phi) is 3.30. The second-order valence-electron chi connectivity index (χ2n) is 5.18. The molecule has 0 bridgehead atoms. The zero-order valence-corrected chi connectivity index (χ0v) is 12.2. The van der Waals surface area contributed by atoms with E-state index in [0.717, 1.165) is 19.4 Å². The van der Waals surface area contributed by atoms with Gasteiger partial charge in [0.1, 0.15) is 18.2 Å². The third-order valence-corrected chi connectivity index (χ3v) is 3.77. The monoisotopic (exact) mass is 310 g/mol. The maximum absolute atomic E-state index is 5.83. The third kappa shape index (κ3) is 2.45. The van der Waals surface area contributed by atoms with E-state index in [0.29, 0.717) is 29.0 Å². The highest BCUT2D eigenvalue weighted by Gasteiger charge is 2.32. The Bertz CT molecular complexity index is 805. The molecular weight excluding hydrogens is 296 g/mol. The van der Waals surface area contributed by atoms with Crippen molar-refractivity contribution in [3.8, 4) is 11.4 Å². The van der Waals surface area contributed by atoms with E-state index in [1.54, 1.807) is 24.7 Å². The molecule has 23 heavy (non-hydrogen) atoms. The molecule has 4 heterocycles. The first-order valence-corrected chi connectivity index (χ1v) is 7.26. The van der Waals surface area contributed by atoms with Gasteiger partial charge >= 0.3 is 0 Å². The Morgan fingerprint density at radius 3 is 2.91 bits per heavy atom. The molecular formula is C14H14N8O. The predicted octanol–water partition coefficient (Wildman–Crippen LogP) is 1.24. The molecule has 3 aromatic rings. The van der Waals surface area contributed by atoms with Crippen LogP contribution in [0.3, 0.4) is 0 Å². The summed E-state index contributed by atoms with van der Waals surface area (Å²) in [7, 11) is 0. The van der Waals surface area contributed by atoms with Crippen LogP contribution in [0.25, 0.3) is 11.4 Å². The SMILES string of the molecule is Nc1ncncc1-c1noc([C@@H]2CCCN2c2ncccn2)n1. The Morgan fingerprint density at radius 2 is 2.09 bits per heavy atom. The Labute approximate surface area is 131 Å². The average Bonchev–Trinajstić information content (AvgIpc) is 3.25. The van der Waals surface area contributed by atoms with Crippen LogP contribution < -0.4 is 10.6 Å². The molecule has 0 spiro atoms. The lowest BCUT2D eigenvalue weighted by molar-refractivity contribution is 0.354. The van der Waals surface area contributed by atoms with Gasteiger partial charge in [-0.25, -0.2) is 19.9 Å². The minimum absolute atomic E-state index is 0.0375. The summed E-state index contributed by atoms with van der Waals surface area (Å²) < 4.78 is 5.44. The molecule has 0 saturated carbocycles. The summed E-state index contributed by atoms with van der Waals surface area (Å²) in [6, 6.07) is 1.75. The molecule has 0 unspecified atom stereocenters. The smallest absolute Gasteiger partial charge is 0.249 e. The third-order valence-electron chi connectivity index (χ3n) is 3.77. The summed E-state index contributed by atoms with van der Waals surface area (Å²) in [6.45, 7) is 0.850. The van der Waals surface area contributed by atoms with E-state index in [2.05, 4.69) is 35.0 Å². The van der Waals surface area contributed by atoms with Gasteiger partial charge in [-0.2, -0.15) is 4.98 Å². The van der Waals surface area contributed by atoms with Crippen molar-refractivity contribution in [2.24, 2.45) is 0 Å². The van der Waals surface area contributed by atoms with Gasteiger partial charge in [0.05, 0.1) is 5.56 Å². The normalized spacial score (nSPS) is 17.6. The van der Waals surface area contributed by atoms with Crippen molar-refractivity contribution < 1.29 is 4.52 Å². The van der Waals surface area contributed by atoms with E-state index in [1.165, 1.54) is 6.33 Å². The molecule has 0 aliphatic carbocycles. The lowest BCUT2D eigenvalue weighted by Crippen LogP contribution is -2.24. The highest BCUT2D eigenvalue weighted by atomic mass is 16.5. The fourth-order valence-corrected chi connectivity index (χ4v) is 2.69. The van der Waals surface area contributed by atoms with Crippen molar-refractivity contribution in [1.29, 1.82) is 0 Å². The van der Waals surface area contributed by atoms with E-state index in [4.69, 9.17) is 10.3 Å². The first-order valence-electron chi connectivity index (χ1n) is 7.26. The van der Waals surface area contributed by atoms with Crippen molar-refractivity contribution in [1.82, 2.24) is 30.1 Å². The molecule has 0 radical (unpaired) electrons. The van der Waals surface area contributed by atoms with E-state index >= 15 is 0 Å². The molecule has 4 rings (SSSR count). The first kappa shape index (κ1) is 13.6. The van der Waals surface area contributed by atoms with Crippen molar-refractivity contribution in [2.75, 3.05) is 17.2 Å². The number of anilines is 2. The van der Waals surface area contributed by atoms with Crippen LogP contribution in [0.5, 0.6) is 0 Å². The van der Waals surface area contributed by atoms with Gasteiger partial charge in [-0.05, 0) is 18.9 Å². The van der Waals surface area contributed by atoms with E-state index in [-0.39, 0.29) is 6.04 Å². The number of nitrogen functional groups attached to an aromatic ring is 1. The van der Waals surface area contributed by atoms with Gasteiger partial charge in [0.2, 0.25) is 17.7 Å². The molecule has 1 saturated heterocycles. The minimum atomic E-state index is -0.0375. The standard InChI is InChI=1S/C14H14N8O/c15-11-9(7-16-8-19-11)12-20-13(23-21-12)10-3-1-6-22(10)14-17-4-2-5-18-14/h2,4-5,7-8,10H,1,3,6H2,(H2,15,16,19)/t10-/m0/s1. The lowest BCUT2D eigenvalue weighted by Gasteiger charge is -2.21.